The van der Waals surface area contributed by atoms with Crippen LogP contribution in [0.5, 0.6) is 11.5 Å². The van der Waals surface area contributed by atoms with Crippen LogP contribution in [0.15, 0.2) is 30.6 Å². The van der Waals surface area contributed by atoms with Crippen molar-refractivity contribution in [2.75, 3.05) is 11.9 Å². The summed E-state index contributed by atoms with van der Waals surface area (Å²) in [4.78, 5) is 3.92. The van der Waals surface area contributed by atoms with E-state index in [9.17, 15) is 8.78 Å². The molecular weight excluding hydrogens is 397 g/mol. The third-order valence-corrected chi connectivity index (χ3v) is 4.75. The summed E-state index contributed by atoms with van der Waals surface area (Å²) in [5, 5.41) is 4.13. The summed E-state index contributed by atoms with van der Waals surface area (Å²) < 4.78 is 35.5. The minimum Gasteiger partial charge on any atom is -0.489 e. The zero-order valence-electron chi connectivity index (χ0n) is 14.7. The molecule has 0 aliphatic heterocycles. The van der Waals surface area contributed by atoms with Crippen LogP contribution < -0.4 is 14.8 Å². The molecule has 2 aromatic rings. The maximum atomic E-state index is 12.6. The molecule has 8 heteroatoms. The highest BCUT2D eigenvalue weighted by Gasteiger charge is 2.23. The highest BCUT2D eigenvalue weighted by molar-refractivity contribution is 6.38. The number of alkyl halides is 2. The van der Waals surface area contributed by atoms with Crippen molar-refractivity contribution >= 4 is 28.9 Å². The molecule has 0 bridgehead atoms. The molecule has 1 unspecified atom stereocenters. The third-order valence-electron chi connectivity index (χ3n) is 4.18. The molecule has 1 saturated carbocycles. The highest BCUT2D eigenvalue weighted by atomic mass is 35.5. The lowest BCUT2D eigenvalue weighted by atomic mass is 10.1. The van der Waals surface area contributed by atoms with Gasteiger partial charge in [-0.25, -0.2) is 0 Å². The van der Waals surface area contributed by atoms with Crippen LogP contribution >= 0.6 is 23.2 Å². The molecule has 1 aliphatic carbocycles. The molecule has 27 heavy (non-hydrogen) atoms. The van der Waals surface area contributed by atoms with Crippen LogP contribution in [0.25, 0.3) is 0 Å². The average molecular weight is 417 g/mol. The number of benzene rings is 1. The molecule has 0 spiro atoms. The van der Waals surface area contributed by atoms with E-state index in [1.165, 1.54) is 18.5 Å². The number of nitrogens with zero attached hydrogens (tertiary/aromatic N) is 1. The number of anilines is 1. The van der Waals surface area contributed by atoms with Crippen molar-refractivity contribution in [3.05, 3.63) is 46.2 Å². The van der Waals surface area contributed by atoms with E-state index in [4.69, 9.17) is 27.9 Å². The number of aromatic nitrogens is 1. The van der Waals surface area contributed by atoms with Gasteiger partial charge in [0.2, 0.25) is 0 Å². The van der Waals surface area contributed by atoms with Gasteiger partial charge in [0.05, 0.1) is 22.3 Å². The summed E-state index contributed by atoms with van der Waals surface area (Å²) in [5.41, 5.74) is 1.53. The van der Waals surface area contributed by atoms with Crippen LogP contribution in [0.2, 0.25) is 10.0 Å². The summed E-state index contributed by atoms with van der Waals surface area (Å²) in [7, 11) is 0. The first-order valence-electron chi connectivity index (χ1n) is 8.68. The molecule has 1 aliphatic rings. The lowest BCUT2D eigenvalue weighted by molar-refractivity contribution is -0.0515. The molecule has 0 amide bonds. The van der Waals surface area contributed by atoms with E-state index in [1.54, 1.807) is 12.1 Å². The van der Waals surface area contributed by atoms with Gasteiger partial charge in [0, 0.05) is 18.4 Å². The smallest absolute Gasteiger partial charge is 0.387 e. The Morgan fingerprint density at radius 3 is 2.52 bits per heavy atom. The molecule has 0 saturated heterocycles. The Hall–Kier alpha value is -1.79. The largest absolute Gasteiger partial charge is 0.489 e. The first-order chi connectivity index (χ1) is 12.9. The quantitative estimate of drug-likeness (QED) is 0.558. The number of halogens is 4. The standard InChI is InChI=1S/C19H20Cl2F2N2O2/c1-11(25-18-14(20)8-24-9-15(18)21)6-13-4-5-16(27-19(22)23)17(7-13)26-10-12-2-3-12/h4-5,7-9,11-12,19H,2-3,6,10H2,1H3,(H,24,25). The minimum atomic E-state index is -2.89. The molecule has 1 atom stereocenters. The average Bonchev–Trinajstić information content (AvgIpc) is 3.42. The first-order valence-corrected chi connectivity index (χ1v) is 9.44. The van der Waals surface area contributed by atoms with Crippen molar-refractivity contribution in [3.63, 3.8) is 0 Å². The SMILES string of the molecule is CC(Cc1ccc(OC(F)F)c(OCC2CC2)c1)Nc1c(Cl)cncc1Cl. The van der Waals surface area contributed by atoms with Crippen LogP contribution in [0.1, 0.15) is 25.3 Å². The fourth-order valence-electron chi connectivity index (χ4n) is 2.68. The fourth-order valence-corrected chi connectivity index (χ4v) is 3.15. The molecule has 1 aromatic heterocycles. The van der Waals surface area contributed by atoms with Crippen LogP contribution in [0, 0.1) is 5.92 Å². The van der Waals surface area contributed by atoms with Crippen molar-refractivity contribution in [2.24, 2.45) is 5.92 Å². The van der Waals surface area contributed by atoms with Crippen LogP contribution in [0.3, 0.4) is 0 Å². The van der Waals surface area contributed by atoms with Crippen molar-refractivity contribution in [1.82, 2.24) is 4.98 Å². The van der Waals surface area contributed by atoms with E-state index >= 15 is 0 Å². The molecule has 1 aromatic carbocycles. The predicted octanol–water partition coefficient (Wildman–Crippen LogP) is 5.82. The maximum Gasteiger partial charge on any atom is 0.387 e. The van der Waals surface area contributed by atoms with Gasteiger partial charge in [0.1, 0.15) is 0 Å². The number of hydrogen-bond acceptors (Lipinski definition) is 4. The first kappa shape index (κ1) is 20.0. The third kappa shape index (κ3) is 5.84. The number of rotatable bonds is 9. The van der Waals surface area contributed by atoms with Gasteiger partial charge in [-0.3, -0.25) is 4.98 Å². The Kier molecular flexibility index (Phi) is 6.60. The summed E-state index contributed by atoms with van der Waals surface area (Å²) >= 11 is 12.3. The summed E-state index contributed by atoms with van der Waals surface area (Å²) in [5.74, 6) is 0.895. The second kappa shape index (κ2) is 8.93. The Bertz CT molecular complexity index is 768. The Morgan fingerprint density at radius 2 is 1.89 bits per heavy atom. The van der Waals surface area contributed by atoms with Gasteiger partial charge in [0.25, 0.3) is 0 Å². The van der Waals surface area contributed by atoms with E-state index in [0.29, 0.717) is 40.4 Å². The summed E-state index contributed by atoms with van der Waals surface area (Å²) in [6.45, 7) is -0.406. The molecular formula is C19H20Cl2F2N2O2. The van der Waals surface area contributed by atoms with E-state index in [0.717, 1.165) is 18.4 Å². The van der Waals surface area contributed by atoms with Crippen molar-refractivity contribution in [2.45, 2.75) is 38.8 Å². The Balaban J connectivity index is 1.70. The predicted molar refractivity (Wildman–Crippen MR) is 102 cm³/mol. The van der Waals surface area contributed by atoms with Gasteiger partial charge in [-0.15, -0.1) is 0 Å². The Morgan fingerprint density at radius 1 is 1.19 bits per heavy atom. The number of nitrogens with one attached hydrogen (secondary N) is 1. The zero-order chi connectivity index (χ0) is 19.4. The summed E-state index contributed by atoms with van der Waals surface area (Å²) in [6.07, 6.45) is 5.87. The van der Waals surface area contributed by atoms with E-state index in [-0.39, 0.29) is 11.8 Å². The highest BCUT2D eigenvalue weighted by Crippen LogP contribution is 2.35. The zero-order valence-corrected chi connectivity index (χ0v) is 16.2. The van der Waals surface area contributed by atoms with Gasteiger partial charge < -0.3 is 14.8 Å². The minimum absolute atomic E-state index is 0.0134. The van der Waals surface area contributed by atoms with Gasteiger partial charge >= 0.3 is 6.61 Å². The van der Waals surface area contributed by atoms with Crippen molar-refractivity contribution in [3.8, 4) is 11.5 Å². The van der Waals surface area contributed by atoms with Crippen molar-refractivity contribution in [1.29, 1.82) is 0 Å². The fraction of sp³-hybridized carbons (Fsp3) is 0.421. The topological polar surface area (TPSA) is 43.4 Å². The van der Waals surface area contributed by atoms with Gasteiger partial charge in [-0.05, 0) is 49.8 Å². The maximum absolute atomic E-state index is 12.6. The Labute approximate surface area is 166 Å². The van der Waals surface area contributed by atoms with Crippen LogP contribution in [-0.4, -0.2) is 24.2 Å². The normalized spacial score (nSPS) is 14.9. The molecule has 0 radical (unpaired) electrons. The van der Waals surface area contributed by atoms with E-state index in [2.05, 4.69) is 15.0 Å². The summed E-state index contributed by atoms with van der Waals surface area (Å²) in [6, 6.07) is 4.99. The van der Waals surface area contributed by atoms with Crippen LogP contribution in [0.4, 0.5) is 14.5 Å². The molecule has 1 heterocycles. The molecule has 4 nitrogen and oxygen atoms in total. The monoisotopic (exact) mass is 416 g/mol. The van der Waals surface area contributed by atoms with E-state index in [1.807, 2.05) is 6.92 Å². The molecule has 1 fully saturated rings. The number of hydrogen-bond donors (Lipinski definition) is 1. The van der Waals surface area contributed by atoms with Gasteiger partial charge in [-0.1, -0.05) is 29.3 Å². The van der Waals surface area contributed by atoms with Gasteiger partial charge in [0.15, 0.2) is 11.5 Å². The number of pyridine rings is 1. The molecule has 3 rings (SSSR count). The van der Waals surface area contributed by atoms with Crippen molar-refractivity contribution < 1.29 is 18.3 Å². The second-order valence-corrected chi connectivity index (χ2v) is 7.46. The lowest BCUT2D eigenvalue weighted by Gasteiger charge is -2.18. The molecule has 1 N–H and O–H groups in total. The molecule has 146 valence electrons. The van der Waals surface area contributed by atoms with E-state index < -0.39 is 6.61 Å². The lowest BCUT2D eigenvalue weighted by Crippen LogP contribution is -2.19. The number of ether oxygens (including phenoxy) is 2. The van der Waals surface area contributed by atoms with Gasteiger partial charge in [-0.2, -0.15) is 8.78 Å². The second-order valence-electron chi connectivity index (χ2n) is 6.64. The van der Waals surface area contributed by atoms with Crippen LogP contribution in [-0.2, 0) is 6.42 Å².